The average Bonchev–Trinajstić information content (AvgIpc) is 2.15. The van der Waals surface area contributed by atoms with E-state index in [0.29, 0.717) is 5.41 Å². The average molecular weight is 168 g/mol. The first-order valence-corrected chi connectivity index (χ1v) is 5.34. The maximum absolute atomic E-state index is 2.43. The summed E-state index contributed by atoms with van der Waals surface area (Å²) in [4.78, 5) is 0. The Balaban J connectivity index is 2.71. The van der Waals surface area contributed by atoms with Crippen molar-refractivity contribution >= 4 is 0 Å². The van der Waals surface area contributed by atoms with Crippen LogP contribution < -0.4 is 0 Å². The van der Waals surface area contributed by atoms with Crippen LogP contribution in [0.3, 0.4) is 0 Å². The molecule has 12 heavy (non-hydrogen) atoms. The van der Waals surface area contributed by atoms with Crippen molar-refractivity contribution in [1.82, 2.24) is 0 Å². The Morgan fingerprint density at radius 3 is 1.58 bits per heavy atom. The lowest BCUT2D eigenvalue weighted by Crippen LogP contribution is -2.23. The molecule has 1 aliphatic rings. The minimum Gasteiger partial charge on any atom is -0.0622 e. The molecule has 0 radical (unpaired) electrons. The van der Waals surface area contributed by atoms with Crippen LogP contribution in [0.5, 0.6) is 0 Å². The standard InChI is InChI=1S/C12H24/c1-8-7-11(12(4,5)6)10(3)9(8)2/h8-11H,7H2,1-6H3. The predicted molar refractivity (Wildman–Crippen MR) is 55.1 cm³/mol. The van der Waals surface area contributed by atoms with Gasteiger partial charge in [0.05, 0.1) is 0 Å². The van der Waals surface area contributed by atoms with Gasteiger partial charge in [0.15, 0.2) is 0 Å². The highest BCUT2D eigenvalue weighted by atomic mass is 14.5. The summed E-state index contributed by atoms with van der Waals surface area (Å²) >= 11 is 0. The number of hydrogen-bond donors (Lipinski definition) is 0. The lowest BCUT2D eigenvalue weighted by molar-refractivity contribution is 0.181. The van der Waals surface area contributed by atoms with Gasteiger partial charge in [-0.15, -0.1) is 0 Å². The summed E-state index contributed by atoms with van der Waals surface area (Å²) in [7, 11) is 0. The molecule has 0 aromatic carbocycles. The first-order valence-electron chi connectivity index (χ1n) is 5.34. The molecular weight excluding hydrogens is 144 g/mol. The molecule has 0 heteroatoms. The molecule has 1 saturated carbocycles. The first kappa shape index (κ1) is 10.1. The molecule has 0 aliphatic heterocycles. The highest BCUT2D eigenvalue weighted by Crippen LogP contribution is 2.48. The minimum absolute atomic E-state index is 0.512. The van der Waals surface area contributed by atoms with E-state index in [-0.39, 0.29) is 0 Å². The van der Waals surface area contributed by atoms with E-state index < -0.39 is 0 Å². The lowest BCUT2D eigenvalue weighted by atomic mass is 9.74. The molecule has 0 aromatic heterocycles. The van der Waals surface area contributed by atoms with Crippen LogP contribution in [-0.4, -0.2) is 0 Å². The molecule has 4 atom stereocenters. The Morgan fingerprint density at radius 2 is 1.42 bits per heavy atom. The van der Waals surface area contributed by atoms with Crippen molar-refractivity contribution < 1.29 is 0 Å². The summed E-state index contributed by atoms with van der Waals surface area (Å²) in [6.45, 7) is 14.4. The molecule has 0 aromatic rings. The highest BCUT2D eigenvalue weighted by Gasteiger charge is 2.40. The Kier molecular flexibility index (Phi) is 2.56. The summed E-state index contributed by atoms with van der Waals surface area (Å²) in [6.07, 6.45) is 1.44. The summed E-state index contributed by atoms with van der Waals surface area (Å²) in [5.74, 6) is 3.71. The van der Waals surface area contributed by atoms with Crippen LogP contribution >= 0.6 is 0 Å². The molecule has 0 nitrogen and oxygen atoms in total. The topological polar surface area (TPSA) is 0 Å². The van der Waals surface area contributed by atoms with E-state index in [1.54, 1.807) is 0 Å². The Bertz CT molecular complexity index is 152. The monoisotopic (exact) mass is 168 g/mol. The van der Waals surface area contributed by atoms with Crippen LogP contribution in [0.1, 0.15) is 48.0 Å². The van der Waals surface area contributed by atoms with Crippen molar-refractivity contribution in [2.45, 2.75) is 48.0 Å². The zero-order valence-electron chi connectivity index (χ0n) is 9.52. The molecule has 0 saturated heterocycles. The fourth-order valence-electron chi connectivity index (χ4n) is 2.86. The molecule has 1 aliphatic carbocycles. The molecule has 1 rings (SSSR count). The SMILES string of the molecule is CC1CC(C(C)(C)C)C(C)C1C. The van der Waals surface area contributed by atoms with Crippen LogP contribution in [-0.2, 0) is 0 Å². The molecule has 0 spiro atoms. The predicted octanol–water partition coefficient (Wildman–Crippen LogP) is 3.96. The van der Waals surface area contributed by atoms with Gasteiger partial charge >= 0.3 is 0 Å². The molecule has 0 N–H and O–H groups in total. The first-order chi connectivity index (χ1) is 5.34. The van der Waals surface area contributed by atoms with Gasteiger partial charge in [0, 0.05) is 0 Å². The van der Waals surface area contributed by atoms with Crippen molar-refractivity contribution in [3.8, 4) is 0 Å². The molecule has 1 fully saturated rings. The van der Waals surface area contributed by atoms with Crippen molar-refractivity contribution in [1.29, 1.82) is 0 Å². The van der Waals surface area contributed by atoms with Crippen molar-refractivity contribution in [2.75, 3.05) is 0 Å². The van der Waals surface area contributed by atoms with E-state index in [0.717, 1.165) is 23.7 Å². The molecule has 0 bridgehead atoms. The third-order valence-electron chi connectivity index (χ3n) is 4.10. The second kappa shape index (κ2) is 3.05. The molecular formula is C12H24. The highest BCUT2D eigenvalue weighted by molar-refractivity contribution is 4.90. The van der Waals surface area contributed by atoms with E-state index in [4.69, 9.17) is 0 Å². The zero-order chi connectivity index (χ0) is 9.52. The largest absolute Gasteiger partial charge is 0.0622 e. The van der Waals surface area contributed by atoms with Crippen LogP contribution in [0.15, 0.2) is 0 Å². The zero-order valence-corrected chi connectivity index (χ0v) is 9.52. The van der Waals surface area contributed by atoms with Crippen LogP contribution in [0.4, 0.5) is 0 Å². The summed E-state index contributed by atoms with van der Waals surface area (Å²) in [6, 6.07) is 0. The normalized spacial score (nSPS) is 43.5. The third-order valence-corrected chi connectivity index (χ3v) is 4.10. The van der Waals surface area contributed by atoms with Gasteiger partial charge in [-0.05, 0) is 35.5 Å². The Hall–Kier alpha value is 0. The fourth-order valence-corrected chi connectivity index (χ4v) is 2.86. The van der Waals surface area contributed by atoms with Gasteiger partial charge in [0.25, 0.3) is 0 Å². The molecule has 0 amide bonds. The van der Waals surface area contributed by atoms with Crippen molar-refractivity contribution in [2.24, 2.45) is 29.1 Å². The molecule has 0 heterocycles. The van der Waals surface area contributed by atoms with Crippen LogP contribution in [0.2, 0.25) is 0 Å². The Morgan fingerprint density at radius 1 is 0.917 bits per heavy atom. The summed E-state index contributed by atoms with van der Waals surface area (Å²) < 4.78 is 0. The van der Waals surface area contributed by atoms with Gasteiger partial charge < -0.3 is 0 Å². The fraction of sp³-hybridized carbons (Fsp3) is 1.00. The van der Waals surface area contributed by atoms with Gasteiger partial charge in [0.2, 0.25) is 0 Å². The quantitative estimate of drug-likeness (QED) is 0.513. The maximum atomic E-state index is 2.43. The summed E-state index contributed by atoms with van der Waals surface area (Å²) in [5.41, 5.74) is 0.512. The van der Waals surface area contributed by atoms with Gasteiger partial charge in [-0.1, -0.05) is 41.5 Å². The van der Waals surface area contributed by atoms with Crippen molar-refractivity contribution in [3.05, 3.63) is 0 Å². The molecule has 72 valence electrons. The summed E-state index contributed by atoms with van der Waals surface area (Å²) in [5, 5.41) is 0. The van der Waals surface area contributed by atoms with Gasteiger partial charge in [0.1, 0.15) is 0 Å². The van der Waals surface area contributed by atoms with E-state index >= 15 is 0 Å². The minimum atomic E-state index is 0.512. The second-order valence-electron chi connectivity index (χ2n) is 5.90. The van der Waals surface area contributed by atoms with Crippen LogP contribution in [0.25, 0.3) is 0 Å². The van der Waals surface area contributed by atoms with Crippen LogP contribution in [0, 0.1) is 29.1 Å². The third kappa shape index (κ3) is 1.67. The van der Waals surface area contributed by atoms with Gasteiger partial charge in [-0.3, -0.25) is 0 Å². The lowest BCUT2D eigenvalue weighted by Gasteiger charge is -2.31. The van der Waals surface area contributed by atoms with E-state index in [1.165, 1.54) is 6.42 Å². The Labute approximate surface area is 77.7 Å². The number of rotatable bonds is 0. The maximum Gasteiger partial charge on any atom is -0.0334 e. The number of hydrogen-bond acceptors (Lipinski definition) is 0. The van der Waals surface area contributed by atoms with Crippen molar-refractivity contribution in [3.63, 3.8) is 0 Å². The van der Waals surface area contributed by atoms with Gasteiger partial charge in [-0.2, -0.15) is 0 Å². The smallest absolute Gasteiger partial charge is 0.0334 e. The molecule has 4 unspecified atom stereocenters. The van der Waals surface area contributed by atoms with E-state index in [2.05, 4.69) is 41.5 Å². The van der Waals surface area contributed by atoms with E-state index in [1.807, 2.05) is 0 Å². The van der Waals surface area contributed by atoms with Gasteiger partial charge in [-0.25, -0.2) is 0 Å². The van der Waals surface area contributed by atoms with E-state index in [9.17, 15) is 0 Å². The second-order valence-corrected chi connectivity index (χ2v) is 5.90.